The van der Waals surface area contributed by atoms with Crippen LogP contribution >= 0.6 is 11.6 Å². The summed E-state index contributed by atoms with van der Waals surface area (Å²) in [7, 11) is 0. The quantitative estimate of drug-likeness (QED) is 0.433. The number of hydrogen-bond acceptors (Lipinski definition) is 3. The van der Waals surface area contributed by atoms with Crippen molar-refractivity contribution in [2.24, 2.45) is 5.92 Å². The van der Waals surface area contributed by atoms with Crippen molar-refractivity contribution >= 4 is 23.2 Å². The lowest BCUT2D eigenvalue weighted by molar-refractivity contribution is 0.0796. The number of ketones is 2. The number of nitriles is 1. The van der Waals surface area contributed by atoms with Crippen LogP contribution in [0.4, 0.5) is 0 Å². The second-order valence-corrected chi connectivity index (χ2v) is 6.53. The van der Waals surface area contributed by atoms with Gasteiger partial charge in [-0.05, 0) is 17.7 Å². The first-order chi connectivity index (χ1) is 13.1. The lowest BCUT2D eigenvalue weighted by Gasteiger charge is -2.20. The van der Waals surface area contributed by atoms with Crippen LogP contribution in [0.1, 0.15) is 32.2 Å². The van der Waals surface area contributed by atoms with Crippen molar-refractivity contribution in [2.75, 3.05) is 0 Å². The number of Topliss-reactive ketones (excluding diaryl/α,β-unsaturated/α-hetero) is 2. The summed E-state index contributed by atoms with van der Waals surface area (Å²) in [6.07, 6.45) is 0. The summed E-state index contributed by atoms with van der Waals surface area (Å²) < 4.78 is 0. The van der Waals surface area contributed by atoms with Crippen molar-refractivity contribution in [1.29, 1.82) is 5.26 Å². The molecule has 0 aliphatic carbocycles. The third kappa shape index (κ3) is 4.13. The van der Waals surface area contributed by atoms with Gasteiger partial charge in [0.2, 0.25) is 0 Å². The molecule has 0 spiro atoms. The molecule has 0 N–H and O–H groups in total. The Hall–Kier alpha value is -3.22. The van der Waals surface area contributed by atoms with Crippen molar-refractivity contribution in [2.45, 2.75) is 5.92 Å². The first-order valence-electron chi connectivity index (χ1n) is 8.45. The fourth-order valence-corrected chi connectivity index (χ4v) is 3.12. The Morgan fingerprint density at radius 2 is 1.19 bits per heavy atom. The third-order valence-electron chi connectivity index (χ3n) is 4.38. The Labute approximate surface area is 162 Å². The predicted molar refractivity (Wildman–Crippen MR) is 105 cm³/mol. The van der Waals surface area contributed by atoms with E-state index in [1.54, 1.807) is 84.9 Å². The van der Waals surface area contributed by atoms with Crippen LogP contribution in [0.5, 0.6) is 0 Å². The highest BCUT2D eigenvalue weighted by Gasteiger charge is 2.37. The molecule has 0 heterocycles. The fourth-order valence-electron chi connectivity index (χ4n) is 3.00. The second-order valence-electron chi connectivity index (χ2n) is 6.10. The Balaban J connectivity index is 2.08. The van der Waals surface area contributed by atoms with E-state index in [4.69, 9.17) is 11.6 Å². The predicted octanol–water partition coefficient (Wildman–Crippen LogP) is 5.33. The summed E-state index contributed by atoms with van der Waals surface area (Å²) in [5, 5.41) is 10.3. The second kappa shape index (κ2) is 8.44. The molecule has 1 atom stereocenters. The van der Waals surface area contributed by atoms with Crippen LogP contribution in [0, 0.1) is 17.2 Å². The van der Waals surface area contributed by atoms with Crippen LogP contribution in [-0.4, -0.2) is 11.6 Å². The standard InChI is InChI=1S/C23H16ClNO2/c24-19-13-11-16(12-14-19)20(15-25)21(22(26)17-7-3-1-4-8-17)23(27)18-9-5-2-6-10-18/h1-14,20-21H. The molecule has 27 heavy (non-hydrogen) atoms. The summed E-state index contributed by atoms with van der Waals surface area (Å²) >= 11 is 5.94. The monoisotopic (exact) mass is 373 g/mol. The molecule has 0 fully saturated rings. The molecule has 1 unspecified atom stereocenters. The van der Waals surface area contributed by atoms with Gasteiger partial charge in [-0.3, -0.25) is 9.59 Å². The molecule has 0 saturated heterocycles. The Bertz CT molecular complexity index is 925. The van der Waals surface area contributed by atoms with Gasteiger partial charge in [-0.15, -0.1) is 0 Å². The van der Waals surface area contributed by atoms with Crippen LogP contribution in [-0.2, 0) is 0 Å². The van der Waals surface area contributed by atoms with E-state index in [1.165, 1.54) is 0 Å². The summed E-state index contributed by atoms with van der Waals surface area (Å²) in [5.41, 5.74) is 1.39. The molecule has 0 radical (unpaired) electrons. The first kappa shape index (κ1) is 18.6. The summed E-state index contributed by atoms with van der Waals surface area (Å²) in [5.74, 6) is -2.79. The minimum absolute atomic E-state index is 0.369. The van der Waals surface area contributed by atoms with E-state index in [0.29, 0.717) is 21.7 Å². The molecule has 0 bridgehead atoms. The lowest BCUT2D eigenvalue weighted by Crippen LogP contribution is -2.30. The van der Waals surface area contributed by atoms with Crippen LogP contribution < -0.4 is 0 Å². The molecular formula is C23H16ClNO2. The summed E-state index contributed by atoms with van der Waals surface area (Å²) in [6, 6.07) is 26.0. The number of carbonyl (C=O) groups excluding carboxylic acids is 2. The Morgan fingerprint density at radius 1 is 0.741 bits per heavy atom. The molecule has 0 aliphatic heterocycles. The van der Waals surface area contributed by atoms with Crippen molar-refractivity contribution in [3.05, 3.63) is 107 Å². The average molecular weight is 374 g/mol. The van der Waals surface area contributed by atoms with Gasteiger partial charge < -0.3 is 0 Å². The Morgan fingerprint density at radius 3 is 1.59 bits per heavy atom. The van der Waals surface area contributed by atoms with E-state index in [-0.39, 0.29) is 11.6 Å². The van der Waals surface area contributed by atoms with Crippen LogP contribution in [0.3, 0.4) is 0 Å². The minimum Gasteiger partial charge on any atom is -0.293 e. The minimum atomic E-state index is -1.14. The maximum atomic E-state index is 13.2. The molecule has 3 nitrogen and oxygen atoms in total. The summed E-state index contributed by atoms with van der Waals surface area (Å²) in [4.78, 5) is 26.4. The number of benzene rings is 3. The van der Waals surface area contributed by atoms with E-state index in [1.807, 2.05) is 0 Å². The highest BCUT2D eigenvalue weighted by molar-refractivity contribution is 6.30. The van der Waals surface area contributed by atoms with Crippen molar-refractivity contribution in [1.82, 2.24) is 0 Å². The number of carbonyl (C=O) groups is 2. The van der Waals surface area contributed by atoms with Crippen molar-refractivity contribution < 1.29 is 9.59 Å². The zero-order valence-corrected chi connectivity index (χ0v) is 15.1. The van der Waals surface area contributed by atoms with Crippen LogP contribution in [0.2, 0.25) is 5.02 Å². The van der Waals surface area contributed by atoms with Gasteiger partial charge in [-0.2, -0.15) is 5.26 Å². The molecular weight excluding hydrogens is 358 g/mol. The van der Waals surface area contributed by atoms with E-state index in [0.717, 1.165) is 0 Å². The maximum absolute atomic E-state index is 13.2. The topological polar surface area (TPSA) is 57.9 Å². The zero-order chi connectivity index (χ0) is 19.2. The highest BCUT2D eigenvalue weighted by atomic mass is 35.5. The van der Waals surface area contributed by atoms with E-state index < -0.39 is 11.8 Å². The molecule has 0 aliphatic rings. The van der Waals surface area contributed by atoms with Gasteiger partial charge in [0, 0.05) is 16.1 Å². The largest absolute Gasteiger partial charge is 0.293 e. The van der Waals surface area contributed by atoms with E-state index in [2.05, 4.69) is 6.07 Å². The normalized spacial score (nSPS) is 11.6. The van der Waals surface area contributed by atoms with Gasteiger partial charge in [0.15, 0.2) is 11.6 Å². The molecule has 4 heteroatoms. The zero-order valence-electron chi connectivity index (χ0n) is 14.4. The fraction of sp³-hybridized carbons (Fsp3) is 0.0870. The van der Waals surface area contributed by atoms with Gasteiger partial charge in [0.05, 0.1) is 12.0 Å². The van der Waals surface area contributed by atoms with Gasteiger partial charge in [-0.25, -0.2) is 0 Å². The lowest BCUT2D eigenvalue weighted by atomic mass is 9.77. The van der Waals surface area contributed by atoms with Crippen molar-refractivity contribution in [3.63, 3.8) is 0 Å². The number of hydrogen-bond donors (Lipinski definition) is 0. The maximum Gasteiger partial charge on any atom is 0.175 e. The first-order valence-corrected chi connectivity index (χ1v) is 8.83. The third-order valence-corrected chi connectivity index (χ3v) is 4.64. The average Bonchev–Trinajstić information content (AvgIpc) is 2.73. The van der Waals surface area contributed by atoms with Gasteiger partial charge in [0.1, 0.15) is 5.92 Å². The smallest absolute Gasteiger partial charge is 0.175 e. The van der Waals surface area contributed by atoms with E-state index >= 15 is 0 Å². The molecule has 0 amide bonds. The molecule has 3 aromatic rings. The Kier molecular flexibility index (Phi) is 5.80. The summed E-state index contributed by atoms with van der Waals surface area (Å²) in [6.45, 7) is 0. The molecule has 3 aromatic carbocycles. The number of rotatable bonds is 6. The van der Waals surface area contributed by atoms with Gasteiger partial charge in [0.25, 0.3) is 0 Å². The molecule has 0 saturated carbocycles. The van der Waals surface area contributed by atoms with Gasteiger partial charge in [-0.1, -0.05) is 84.4 Å². The number of nitrogens with zero attached hydrogens (tertiary/aromatic N) is 1. The van der Waals surface area contributed by atoms with E-state index in [9.17, 15) is 14.9 Å². The molecule has 132 valence electrons. The molecule has 3 rings (SSSR count). The highest BCUT2D eigenvalue weighted by Crippen LogP contribution is 2.31. The number of halogens is 1. The van der Waals surface area contributed by atoms with Crippen LogP contribution in [0.25, 0.3) is 0 Å². The van der Waals surface area contributed by atoms with Crippen LogP contribution in [0.15, 0.2) is 84.9 Å². The molecule has 0 aromatic heterocycles. The van der Waals surface area contributed by atoms with Crippen molar-refractivity contribution in [3.8, 4) is 6.07 Å². The van der Waals surface area contributed by atoms with Gasteiger partial charge >= 0.3 is 0 Å². The SMILES string of the molecule is N#CC(c1ccc(Cl)cc1)C(C(=O)c1ccccc1)C(=O)c1ccccc1.